The summed E-state index contributed by atoms with van der Waals surface area (Å²) in [6, 6.07) is 0. The lowest BCUT2D eigenvalue weighted by atomic mass is 10.2. The number of unbranched alkanes of at least 4 members (excludes halogenated alkanes) is 1. The molecule has 1 heteroatoms. The molecule has 0 aliphatic carbocycles. The van der Waals surface area contributed by atoms with Crippen molar-refractivity contribution in [2.75, 3.05) is 0 Å². The molecule has 0 spiro atoms. The first kappa shape index (κ1) is 11.9. The van der Waals surface area contributed by atoms with E-state index in [1.165, 1.54) is 0 Å². The predicted octanol–water partition coefficient (Wildman–Crippen LogP) is 3.43. The van der Waals surface area contributed by atoms with E-state index in [0.717, 1.165) is 12.8 Å². The van der Waals surface area contributed by atoms with E-state index in [0.29, 0.717) is 6.42 Å². The summed E-state index contributed by atoms with van der Waals surface area (Å²) in [6.07, 6.45) is 13.9. The molecule has 72 valence electrons. The fourth-order valence-corrected chi connectivity index (χ4v) is 0.826. The van der Waals surface area contributed by atoms with Crippen molar-refractivity contribution in [3.8, 4) is 0 Å². The Morgan fingerprint density at radius 2 is 2.00 bits per heavy atom. The third kappa shape index (κ3) is 8.80. The zero-order valence-corrected chi connectivity index (χ0v) is 8.49. The van der Waals surface area contributed by atoms with Crippen molar-refractivity contribution in [2.24, 2.45) is 0 Å². The summed E-state index contributed by atoms with van der Waals surface area (Å²) >= 11 is 0. The van der Waals surface area contributed by atoms with Gasteiger partial charge < -0.3 is 0 Å². The molecule has 0 rings (SSSR count). The fraction of sp³-hybridized carbons (Fsp3) is 0.417. The van der Waals surface area contributed by atoms with Crippen LogP contribution in [0.2, 0.25) is 0 Å². The number of ketones is 1. The van der Waals surface area contributed by atoms with Gasteiger partial charge in [-0.15, -0.1) is 0 Å². The lowest BCUT2D eigenvalue weighted by Gasteiger charge is -1.86. The van der Waals surface area contributed by atoms with Gasteiger partial charge in [-0.1, -0.05) is 43.7 Å². The van der Waals surface area contributed by atoms with Gasteiger partial charge in [-0.3, -0.25) is 4.79 Å². The Kier molecular flexibility index (Phi) is 8.21. The molecule has 13 heavy (non-hydrogen) atoms. The molecule has 0 radical (unpaired) electrons. The highest BCUT2D eigenvalue weighted by atomic mass is 16.1. The summed E-state index contributed by atoms with van der Waals surface area (Å²) < 4.78 is 0. The Bertz CT molecular complexity index is 209. The van der Waals surface area contributed by atoms with Crippen molar-refractivity contribution in [3.63, 3.8) is 0 Å². The van der Waals surface area contributed by atoms with E-state index >= 15 is 0 Å². The van der Waals surface area contributed by atoms with Crippen molar-refractivity contribution in [3.05, 3.63) is 36.5 Å². The largest absolute Gasteiger partial charge is 0.295 e. The van der Waals surface area contributed by atoms with Gasteiger partial charge in [0.1, 0.15) is 0 Å². The van der Waals surface area contributed by atoms with Crippen LogP contribution in [-0.4, -0.2) is 5.78 Å². The molecular formula is C12H18O. The summed E-state index contributed by atoms with van der Waals surface area (Å²) in [5, 5.41) is 0. The summed E-state index contributed by atoms with van der Waals surface area (Å²) in [4.78, 5) is 11.1. The molecule has 0 N–H and O–H groups in total. The van der Waals surface area contributed by atoms with Crippen molar-refractivity contribution in [1.82, 2.24) is 0 Å². The topological polar surface area (TPSA) is 17.1 Å². The number of rotatable bonds is 6. The summed E-state index contributed by atoms with van der Waals surface area (Å²) in [6.45, 7) is 4.05. The molecule has 0 aliphatic rings. The van der Waals surface area contributed by atoms with Gasteiger partial charge >= 0.3 is 0 Å². The molecule has 0 aliphatic heterocycles. The molecule has 0 amide bonds. The Morgan fingerprint density at radius 3 is 2.62 bits per heavy atom. The first-order valence-corrected chi connectivity index (χ1v) is 4.78. The van der Waals surface area contributed by atoms with Gasteiger partial charge in [-0.2, -0.15) is 0 Å². The van der Waals surface area contributed by atoms with Crippen LogP contribution in [0.15, 0.2) is 36.5 Å². The highest BCUT2D eigenvalue weighted by Crippen LogP contribution is 1.93. The molecule has 1 nitrogen and oxygen atoms in total. The zero-order valence-electron chi connectivity index (χ0n) is 8.49. The van der Waals surface area contributed by atoms with Crippen LogP contribution in [0, 0.1) is 0 Å². The maximum absolute atomic E-state index is 11.1. The van der Waals surface area contributed by atoms with Crippen LogP contribution < -0.4 is 0 Å². The fourth-order valence-electron chi connectivity index (χ4n) is 0.826. The molecule has 0 aromatic rings. The van der Waals surface area contributed by atoms with Gasteiger partial charge in [0.25, 0.3) is 0 Å². The van der Waals surface area contributed by atoms with E-state index in [2.05, 4.69) is 13.0 Å². The average molecular weight is 178 g/mol. The molecule has 0 unspecified atom stereocenters. The van der Waals surface area contributed by atoms with E-state index in [-0.39, 0.29) is 5.78 Å². The summed E-state index contributed by atoms with van der Waals surface area (Å²) in [5.41, 5.74) is 0. The number of carbonyl (C=O) groups is 1. The van der Waals surface area contributed by atoms with Gasteiger partial charge in [-0.05, 0) is 19.4 Å². The third-order valence-electron chi connectivity index (χ3n) is 1.53. The monoisotopic (exact) mass is 178 g/mol. The average Bonchev–Trinajstić information content (AvgIpc) is 2.13. The van der Waals surface area contributed by atoms with E-state index in [1.807, 2.05) is 25.2 Å². The third-order valence-corrected chi connectivity index (χ3v) is 1.53. The maximum atomic E-state index is 11.1. The molecule has 0 heterocycles. The van der Waals surface area contributed by atoms with Crippen molar-refractivity contribution in [2.45, 2.75) is 33.1 Å². The first-order valence-electron chi connectivity index (χ1n) is 4.78. The molecular weight excluding hydrogens is 160 g/mol. The summed E-state index contributed by atoms with van der Waals surface area (Å²) in [5.74, 6) is 0.158. The lowest BCUT2D eigenvalue weighted by molar-refractivity contribution is -0.113. The Hall–Kier alpha value is -1.11. The SMILES string of the molecule is C/C=C/C=C/C(=O)C/C=C/CCC. The normalized spacial score (nSPS) is 12.2. The molecule has 0 fully saturated rings. The smallest absolute Gasteiger partial charge is 0.159 e. The van der Waals surface area contributed by atoms with E-state index in [4.69, 9.17) is 0 Å². The van der Waals surface area contributed by atoms with E-state index < -0.39 is 0 Å². The van der Waals surface area contributed by atoms with Crippen molar-refractivity contribution >= 4 is 5.78 Å². The second-order valence-corrected chi connectivity index (χ2v) is 2.82. The van der Waals surface area contributed by atoms with E-state index in [1.54, 1.807) is 12.2 Å². The molecule has 0 saturated carbocycles. The second-order valence-electron chi connectivity index (χ2n) is 2.82. The second kappa shape index (κ2) is 8.98. The minimum Gasteiger partial charge on any atom is -0.295 e. The van der Waals surface area contributed by atoms with Crippen molar-refractivity contribution in [1.29, 1.82) is 0 Å². The standard InChI is InChI=1S/C12H18O/c1-3-5-7-9-11-12(13)10-8-6-4-2/h4,6-10H,3,5,11H2,1-2H3/b6-4+,9-7+,10-8+. The minimum absolute atomic E-state index is 0.158. The van der Waals surface area contributed by atoms with Crippen LogP contribution in [-0.2, 0) is 4.79 Å². The number of carbonyl (C=O) groups excluding carboxylic acids is 1. The molecule has 0 aromatic heterocycles. The van der Waals surface area contributed by atoms with Gasteiger partial charge in [0, 0.05) is 6.42 Å². The number of hydrogen-bond acceptors (Lipinski definition) is 1. The van der Waals surface area contributed by atoms with Crippen LogP contribution in [0.4, 0.5) is 0 Å². The molecule has 0 aromatic carbocycles. The number of hydrogen-bond donors (Lipinski definition) is 0. The van der Waals surface area contributed by atoms with Crippen LogP contribution in [0.1, 0.15) is 33.1 Å². The molecule has 0 saturated heterocycles. The number of allylic oxidation sites excluding steroid dienone is 6. The van der Waals surface area contributed by atoms with Crippen LogP contribution in [0.25, 0.3) is 0 Å². The van der Waals surface area contributed by atoms with Crippen LogP contribution in [0.5, 0.6) is 0 Å². The van der Waals surface area contributed by atoms with Gasteiger partial charge in [0.05, 0.1) is 0 Å². The quantitative estimate of drug-likeness (QED) is 0.346. The van der Waals surface area contributed by atoms with Gasteiger partial charge in [-0.25, -0.2) is 0 Å². The lowest BCUT2D eigenvalue weighted by Crippen LogP contribution is -1.87. The Balaban J connectivity index is 3.62. The van der Waals surface area contributed by atoms with Gasteiger partial charge in [0.15, 0.2) is 5.78 Å². The maximum Gasteiger partial charge on any atom is 0.159 e. The van der Waals surface area contributed by atoms with E-state index in [9.17, 15) is 4.79 Å². The van der Waals surface area contributed by atoms with Crippen LogP contribution >= 0.6 is 0 Å². The zero-order chi connectivity index (χ0) is 9.94. The highest BCUT2D eigenvalue weighted by Gasteiger charge is 1.89. The first-order chi connectivity index (χ1) is 6.31. The van der Waals surface area contributed by atoms with Gasteiger partial charge in [0.2, 0.25) is 0 Å². The Labute approximate surface area is 80.8 Å². The minimum atomic E-state index is 0.158. The Morgan fingerprint density at radius 1 is 1.23 bits per heavy atom. The van der Waals surface area contributed by atoms with Crippen molar-refractivity contribution < 1.29 is 4.79 Å². The summed E-state index contributed by atoms with van der Waals surface area (Å²) in [7, 11) is 0. The predicted molar refractivity (Wildman–Crippen MR) is 57.6 cm³/mol. The van der Waals surface area contributed by atoms with Crippen LogP contribution in [0.3, 0.4) is 0 Å². The molecule has 0 bridgehead atoms. The highest BCUT2D eigenvalue weighted by molar-refractivity contribution is 5.90. The molecule has 0 atom stereocenters.